The predicted molar refractivity (Wildman–Crippen MR) is 76.4 cm³/mol. The first-order chi connectivity index (χ1) is 9.28. The van der Waals surface area contributed by atoms with Gasteiger partial charge in [0.25, 0.3) is 0 Å². The second-order valence-electron chi connectivity index (χ2n) is 4.30. The predicted octanol–water partition coefficient (Wildman–Crippen LogP) is 2.32. The van der Waals surface area contributed by atoms with Crippen molar-refractivity contribution in [3.05, 3.63) is 52.8 Å². The molecule has 5 heteroatoms. The van der Waals surface area contributed by atoms with Crippen LogP contribution in [0.1, 0.15) is 11.3 Å². The maximum Gasteiger partial charge on any atom is 0.0762 e. The van der Waals surface area contributed by atoms with Crippen LogP contribution in [0.4, 0.5) is 0 Å². The summed E-state index contributed by atoms with van der Waals surface area (Å²) >= 11 is 5.86. The molecule has 1 aromatic heterocycles. The third kappa shape index (κ3) is 4.67. The molecule has 102 valence electrons. The summed E-state index contributed by atoms with van der Waals surface area (Å²) in [7, 11) is 1.70. The summed E-state index contributed by atoms with van der Waals surface area (Å²) in [5.41, 5.74) is 2.22. The molecule has 0 saturated carbocycles. The van der Waals surface area contributed by atoms with Crippen molar-refractivity contribution in [2.75, 3.05) is 20.3 Å². The quantitative estimate of drug-likeness (QED) is 0.791. The molecule has 2 rings (SSSR count). The maximum absolute atomic E-state index is 5.86. The Hall–Kier alpha value is -1.36. The van der Waals surface area contributed by atoms with Gasteiger partial charge in [0.15, 0.2) is 0 Å². The Morgan fingerprint density at radius 3 is 2.79 bits per heavy atom. The fourth-order valence-electron chi connectivity index (χ4n) is 1.75. The first-order valence-electron chi connectivity index (χ1n) is 6.24. The van der Waals surface area contributed by atoms with Crippen LogP contribution in [0.15, 0.2) is 36.5 Å². The smallest absolute Gasteiger partial charge is 0.0762 e. The van der Waals surface area contributed by atoms with Crippen LogP contribution in [0, 0.1) is 0 Å². The average molecular weight is 280 g/mol. The molecule has 1 aromatic carbocycles. The summed E-state index contributed by atoms with van der Waals surface area (Å²) in [5.74, 6) is 0. The van der Waals surface area contributed by atoms with E-state index < -0.39 is 0 Å². The normalized spacial score (nSPS) is 10.8. The minimum atomic E-state index is 0.714. The van der Waals surface area contributed by atoms with Crippen molar-refractivity contribution in [1.29, 1.82) is 0 Å². The van der Waals surface area contributed by atoms with Crippen LogP contribution in [0.3, 0.4) is 0 Å². The number of aromatic nitrogens is 2. The number of methoxy groups -OCH3 is 1. The fraction of sp³-hybridized carbons (Fsp3) is 0.357. The summed E-state index contributed by atoms with van der Waals surface area (Å²) < 4.78 is 6.90. The van der Waals surface area contributed by atoms with Crippen molar-refractivity contribution in [1.82, 2.24) is 15.1 Å². The molecule has 19 heavy (non-hydrogen) atoms. The SMILES string of the molecule is COCCNCc1ccn(Cc2ccc(Cl)cc2)n1. The van der Waals surface area contributed by atoms with Gasteiger partial charge in [-0.25, -0.2) is 0 Å². The summed E-state index contributed by atoms with van der Waals surface area (Å²) in [5, 5.41) is 8.53. The molecule has 0 spiro atoms. The van der Waals surface area contributed by atoms with Gasteiger partial charge in [-0.05, 0) is 23.8 Å². The van der Waals surface area contributed by atoms with E-state index >= 15 is 0 Å². The summed E-state index contributed by atoms with van der Waals surface area (Å²) in [6.45, 7) is 3.07. The van der Waals surface area contributed by atoms with Crippen molar-refractivity contribution in [2.45, 2.75) is 13.1 Å². The molecule has 0 aliphatic rings. The van der Waals surface area contributed by atoms with Crippen LogP contribution in [-0.2, 0) is 17.8 Å². The molecule has 0 unspecified atom stereocenters. The third-order valence-electron chi connectivity index (χ3n) is 2.74. The highest BCUT2D eigenvalue weighted by Crippen LogP contribution is 2.10. The van der Waals surface area contributed by atoms with E-state index in [9.17, 15) is 0 Å². The zero-order valence-electron chi connectivity index (χ0n) is 11.0. The van der Waals surface area contributed by atoms with E-state index in [1.165, 1.54) is 5.56 Å². The fourth-order valence-corrected chi connectivity index (χ4v) is 1.88. The Kier molecular flexibility index (Phi) is 5.39. The number of rotatable bonds is 7. The van der Waals surface area contributed by atoms with Crippen LogP contribution in [0.5, 0.6) is 0 Å². The Morgan fingerprint density at radius 1 is 1.26 bits per heavy atom. The molecule has 0 amide bonds. The number of halogens is 1. The van der Waals surface area contributed by atoms with E-state index in [2.05, 4.69) is 10.4 Å². The highest BCUT2D eigenvalue weighted by Gasteiger charge is 2.00. The number of nitrogens with one attached hydrogen (secondary N) is 1. The molecular weight excluding hydrogens is 262 g/mol. The second-order valence-corrected chi connectivity index (χ2v) is 4.74. The molecule has 0 aliphatic carbocycles. The molecule has 0 bridgehead atoms. The van der Waals surface area contributed by atoms with Gasteiger partial charge in [-0.3, -0.25) is 4.68 Å². The zero-order chi connectivity index (χ0) is 13.5. The first kappa shape index (κ1) is 14.1. The standard InChI is InChI=1S/C14H18ClN3O/c1-19-9-7-16-10-14-6-8-18(17-14)11-12-2-4-13(15)5-3-12/h2-6,8,16H,7,9-11H2,1H3. The van der Waals surface area contributed by atoms with E-state index in [1.807, 2.05) is 41.2 Å². The van der Waals surface area contributed by atoms with Gasteiger partial charge in [-0.1, -0.05) is 23.7 Å². The lowest BCUT2D eigenvalue weighted by atomic mass is 10.2. The Balaban J connectivity index is 1.85. The zero-order valence-corrected chi connectivity index (χ0v) is 11.7. The minimum absolute atomic E-state index is 0.714. The molecular formula is C14H18ClN3O. The van der Waals surface area contributed by atoms with Crippen LogP contribution in [-0.4, -0.2) is 30.0 Å². The monoisotopic (exact) mass is 279 g/mol. The highest BCUT2D eigenvalue weighted by atomic mass is 35.5. The summed E-state index contributed by atoms with van der Waals surface area (Å²) in [6, 6.07) is 9.85. The topological polar surface area (TPSA) is 39.1 Å². The molecule has 2 aromatic rings. The van der Waals surface area contributed by atoms with Gasteiger partial charge in [0.1, 0.15) is 0 Å². The number of benzene rings is 1. The molecule has 0 saturated heterocycles. The third-order valence-corrected chi connectivity index (χ3v) is 2.99. The molecule has 0 radical (unpaired) electrons. The lowest BCUT2D eigenvalue weighted by Gasteiger charge is -2.03. The van der Waals surface area contributed by atoms with E-state index in [0.29, 0.717) is 6.61 Å². The van der Waals surface area contributed by atoms with Gasteiger partial charge < -0.3 is 10.1 Å². The Bertz CT molecular complexity index is 496. The Morgan fingerprint density at radius 2 is 2.05 bits per heavy atom. The lowest BCUT2D eigenvalue weighted by Crippen LogP contribution is -2.19. The molecule has 0 fully saturated rings. The van der Waals surface area contributed by atoms with Crippen LogP contribution in [0.2, 0.25) is 5.02 Å². The van der Waals surface area contributed by atoms with Gasteiger partial charge in [0.05, 0.1) is 18.8 Å². The molecule has 4 nitrogen and oxygen atoms in total. The van der Waals surface area contributed by atoms with Crippen molar-refractivity contribution >= 4 is 11.6 Å². The van der Waals surface area contributed by atoms with Crippen molar-refractivity contribution < 1.29 is 4.74 Å². The van der Waals surface area contributed by atoms with Gasteiger partial charge in [0, 0.05) is 31.4 Å². The van der Waals surface area contributed by atoms with Crippen LogP contribution in [0.25, 0.3) is 0 Å². The van der Waals surface area contributed by atoms with E-state index in [0.717, 1.165) is 30.4 Å². The summed E-state index contributed by atoms with van der Waals surface area (Å²) in [6.07, 6.45) is 1.99. The van der Waals surface area contributed by atoms with Crippen molar-refractivity contribution in [3.8, 4) is 0 Å². The molecule has 1 heterocycles. The van der Waals surface area contributed by atoms with Gasteiger partial charge >= 0.3 is 0 Å². The van der Waals surface area contributed by atoms with Crippen LogP contribution < -0.4 is 5.32 Å². The van der Waals surface area contributed by atoms with E-state index in [-0.39, 0.29) is 0 Å². The number of hydrogen-bond acceptors (Lipinski definition) is 3. The Labute approximate surface area is 118 Å². The molecule has 1 N–H and O–H groups in total. The minimum Gasteiger partial charge on any atom is -0.383 e. The van der Waals surface area contributed by atoms with Gasteiger partial charge in [-0.15, -0.1) is 0 Å². The van der Waals surface area contributed by atoms with E-state index in [1.54, 1.807) is 7.11 Å². The molecule has 0 aliphatic heterocycles. The number of nitrogens with zero attached hydrogens (tertiary/aromatic N) is 2. The van der Waals surface area contributed by atoms with Crippen LogP contribution >= 0.6 is 11.6 Å². The lowest BCUT2D eigenvalue weighted by molar-refractivity contribution is 0.199. The maximum atomic E-state index is 5.86. The summed E-state index contributed by atoms with van der Waals surface area (Å²) in [4.78, 5) is 0. The van der Waals surface area contributed by atoms with Gasteiger partial charge in [-0.2, -0.15) is 5.10 Å². The average Bonchev–Trinajstić information content (AvgIpc) is 2.85. The highest BCUT2D eigenvalue weighted by molar-refractivity contribution is 6.30. The van der Waals surface area contributed by atoms with Crippen molar-refractivity contribution in [3.63, 3.8) is 0 Å². The first-order valence-corrected chi connectivity index (χ1v) is 6.62. The molecule has 0 atom stereocenters. The largest absolute Gasteiger partial charge is 0.383 e. The number of hydrogen-bond donors (Lipinski definition) is 1. The second kappa shape index (κ2) is 7.28. The van der Waals surface area contributed by atoms with Crippen molar-refractivity contribution in [2.24, 2.45) is 0 Å². The van der Waals surface area contributed by atoms with E-state index in [4.69, 9.17) is 16.3 Å². The number of ether oxygens (including phenoxy) is 1. The van der Waals surface area contributed by atoms with Gasteiger partial charge in [0.2, 0.25) is 0 Å².